The third-order valence-corrected chi connectivity index (χ3v) is 4.94. The Kier molecular flexibility index (Phi) is 7.34. The van der Waals surface area contributed by atoms with Gasteiger partial charge in [-0.15, -0.1) is 0 Å². The lowest BCUT2D eigenvalue weighted by Gasteiger charge is -2.19. The van der Waals surface area contributed by atoms with Gasteiger partial charge in [0.2, 0.25) is 0 Å². The Labute approximate surface area is 140 Å². The van der Waals surface area contributed by atoms with Gasteiger partial charge in [0.15, 0.2) is 0 Å². The molecule has 0 spiro atoms. The molecule has 1 saturated heterocycles. The van der Waals surface area contributed by atoms with Crippen LogP contribution in [0.1, 0.15) is 45.1 Å². The summed E-state index contributed by atoms with van der Waals surface area (Å²) in [5.41, 5.74) is 1.21. The molecule has 1 aromatic carbocycles. The van der Waals surface area contributed by atoms with Crippen molar-refractivity contribution in [2.75, 3.05) is 32.8 Å². The molecule has 1 unspecified atom stereocenters. The lowest BCUT2D eigenvalue weighted by Crippen LogP contribution is -3.16. The first-order valence-corrected chi connectivity index (χ1v) is 9.17. The molecule has 4 heteroatoms. The molecule has 2 rings (SSSR count). The predicted molar refractivity (Wildman–Crippen MR) is 93.1 cm³/mol. The number of hydrogen-bond acceptors (Lipinski definition) is 2. The highest BCUT2D eigenvalue weighted by atomic mass is 16.5. The maximum atomic E-state index is 10.2. The minimum absolute atomic E-state index is 0.370. The maximum absolute atomic E-state index is 10.2. The fourth-order valence-corrected chi connectivity index (χ4v) is 3.57. The second kappa shape index (κ2) is 9.26. The summed E-state index contributed by atoms with van der Waals surface area (Å²) in [6, 6.07) is 8.88. The molecule has 0 aliphatic carbocycles. The number of hydrogen-bond donors (Lipinski definition) is 3. The van der Waals surface area contributed by atoms with E-state index in [0.29, 0.717) is 12.5 Å². The zero-order valence-electron chi connectivity index (χ0n) is 14.9. The monoisotopic (exact) mass is 322 g/mol. The van der Waals surface area contributed by atoms with E-state index in [2.05, 4.69) is 32.2 Å². The van der Waals surface area contributed by atoms with Crippen molar-refractivity contribution >= 4 is 0 Å². The summed E-state index contributed by atoms with van der Waals surface area (Å²) in [7, 11) is 0. The molecular weight excluding hydrogens is 288 g/mol. The molecule has 1 heterocycles. The average molecular weight is 322 g/mol. The molecule has 0 bridgehead atoms. The topological polar surface area (TPSA) is 50.5 Å². The molecule has 1 aliphatic heterocycles. The number of ether oxygens (including phenoxy) is 1. The van der Waals surface area contributed by atoms with Gasteiger partial charge in [-0.2, -0.15) is 0 Å². The largest absolute Gasteiger partial charge is 0.490 e. The molecule has 0 saturated carbocycles. The number of likely N-dealkylation sites (tertiary alicyclic amines) is 1. The van der Waals surface area contributed by atoms with E-state index in [-0.39, 0.29) is 0 Å². The standard InChI is InChI=1S/C19H32N2O2/c1-4-21-11-7-8-16(21)12-20-13-17(22)14-23-19-10-6-5-9-18(19)15(2)3/h5-6,9-10,15-17,20,22H,4,7-8,11-14H2,1-3H3/p+2/t16-,17-/m0/s1. The average Bonchev–Trinajstić information content (AvgIpc) is 3.00. The summed E-state index contributed by atoms with van der Waals surface area (Å²) in [5.74, 6) is 1.33. The van der Waals surface area contributed by atoms with Gasteiger partial charge in [-0.25, -0.2) is 0 Å². The number of likely N-dealkylation sites (N-methyl/N-ethyl adjacent to an activating group) is 1. The van der Waals surface area contributed by atoms with E-state index >= 15 is 0 Å². The van der Waals surface area contributed by atoms with Crippen LogP contribution in [0, 0.1) is 0 Å². The summed E-state index contributed by atoms with van der Waals surface area (Å²) in [6.07, 6.45) is 2.26. The first-order chi connectivity index (χ1) is 11.1. The summed E-state index contributed by atoms with van der Waals surface area (Å²) >= 11 is 0. The molecule has 4 N–H and O–H groups in total. The van der Waals surface area contributed by atoms with Crippen molar-refractivity contribution in [1.82, 2.24) is 0 Å². The van der Waals surface area contributed by atoms with Crippen molar-refractivity contribution < 1.29 is 20.1 Å². The second-order valence-electron chi connectivity index (χ2n) is 7.02. The Morgan fingerprint density at radius 2 is 2.13 bits per heavy atom. The van der Waals surface area contributed by atoms with Crippen LogP contribution < -0.4 is 15.0 Å². The minimum Gasteiger partial charge on any atom is -0.490 e. The second-order valence-corrected chi connectivity index (χ2v) is 7.02. The van der Waals surface area contributed by atoms with Crippen molar-refractivity contribution in [3.63, 3.8) is 0 Å². The number of rotatable bonds is 9. The van der Waals surface area contributed by atoms with Gasteiger partial charge in [-0.3, -0.25) is 0 Å². The van der Waals surface area contributed by atoms with Crippen molar-refractivity contribution in [3.8, 4) is 5.75 Å². The maximum Gasteiger partial charge on any atom is 0.137 e. The van der Waals surface area contributed by atoms with E-state index in [1.165, 1.54) is 31.5 Å². The lowest BCUT2D eigenvalue weighted by molar-refractivity contribution is -0.924. The molecule has 1 fully saturated rings. The molecule has 0 amide bonds. The molecule has 1 aliphatic rings. The van der Waals surface area contributed by atoms with Gasteiger partial charge in [0.05, 0.1) is 13.1 Å². The SMILES string of the molecule is CC[NH+]1CCC[C@H]1C[NH2+]C[C@H](O)COc1ccccc1C(C)C. The molecular formula is C19H34N2O2+2. The number of aliphatic hydroxyl groups is 1. The minimum atomic E-state index is -0.415. The Balaban J connectivity index is 1.70. The van der Waals surface area contributed by atoms with E-state index in [1.807, 2.05) is 18.2 Å². The molecule has 1 aromatic rings. The highest BCUT2D eigenvalue weighted by Gasteiger charge is 2.28. The highest BCUT2D eigenvalue weighted by Crippen LogP contribution is 2.25. The van der Waals surface area contributed by atoms with Gasteiger partial charge in [-0.05, 0) is 24.5 Å². The summed E-state index contributed by atoms with van der Waals surface area (Å²) in [5, 5.41) is 12.4. The van der Waals surface area contributed by atoms with Gasteiger partial charge in [-0.1, -0.05) is 32.0 Å². The Morgan fingerprint density at radius 1 is 1.35 bits per heavy atom. The third kappa shape index (κ3) is 5.48. The number of nitrogens with two attached hydrogens (primary N) is 1. The van der Waals surface area contributed by atoms with E-state index in [4.69, 9.17) is 4.74 Å². The molecule has 130 valence electrons. The number of benzene rings is 1. The summed E-state index contributed by atoms with van der Waals surface area (Å²) < 4.78 is 5.85. The first kappa shape index (κ1) is 18.2. The Bertz CT molecular complexity index is 464. The van der Waals surface area contributed by atoms with E-state index in [1.54, 1.807) is 4.90 Å². The van der Waals surface area contributed by atoms with Crippen LogP contribution in [0.4, 0.5) is 0 Å². The number of nitrogens with one attached hydrogen (secondary N) is 1. The highest BCUT2D eigenvalue weighted by molar-refractivity contribution is 5.35. The van der Waals surface area contributed by atoms with Crippen LogP contribution >= 0.6 is 0 Å². The van der Waals surface area contributed by atoms with Crippen LogP contribution in [0.25, 0.3) is 0 Å². The van der Waals surface area contributed by atoms with E-state index in [0.717, 1.165) is 24.9 Å². The third-order valence-electron chi connectivity index (χ3n) is 4.94. The molecule has 23 heavy (non-hydrogen) atoms. The summed E-state index contributed by atoms with van der Waals surface area (Å²) in [4.78, 5) is 1.72. The number of quaternary nitrogens is 2. The van der Waals surface area contributed by atoms with Crippen molar-refractivity contribution in [3.05, 3.63) is 29.8 Å². The van der Waals surface area contributed by atoms with Crippen LogP contribution in [0.15, 0.2) is 24.3 Å². The fourth-order valence-electron chi connectivity index (χ4n) is 3.57. The zero-order valence-corrected chi connectivity index (χ0v) is 14.9. The quantitative estimate of drug-likeness (QED) is 0.607. The van der Waals surface area contributed by atoms with Crippen LogP contribution in [0.3, 0.4) is 0 Å². The Hall–Kier alpha value is -1.10. The fraction of sp³-hybridized carbons (Fsp3) is 0.684. The molecule has 3 atom stereocenters. The smallest absolute Gasteiger partial charge is 0.137 e. The molecule has 4 nitrogen and oxygen atoms in total. The van der Waals surface area contributed by atoms with Gasteiger partial charge in [0.25, 0.3) is 0 Å². The van der Waals surface area contributed by atoms with E-state index < -0.39 is 6.10 Å². The summed E-state index contributed by atoms with van der Waals surface area (Å²) in [6.45, 7) is 11.3. The molecule has 0 aromatic heterocycles. The van der Waals surface area contributed by atoms with Crippen molar-refractivity contribution in [1.29, 1.82) is 0 Å². The van der Waals surface area contributed by atoms with Gasteiger partial charge < -0.3 is 20.1 Å². The normalized spacial score (nSPS) is 22.5. The van der Waals surface area contributed by atoms with Crippen LogP contribution in [0.5, 0.6) is 5.75 Å². The zero-order chi connectivity index (χ0) is 16.7. The van der Waals surface area contributed by atoms with Crippen LogP contribution in [-0.2, 0) is 0 Å². The molecule has 0 radical (unpaired) electrons. The lowest BCUT2D eigenvalue weighted by atomic mass is 10.0. The van der Waals surface area contributed by atoms with Gasteiger partial charge in [0, 0.05) is 12.8 Å². The van der Waals surface area contributed by atoms with Crippen LogP contribution in [0.2, 0.25) is 0 Å². The predicted octanol–water partition coefficient (Wildman–Crippen LogP) is 0.180. The van der Waals surface area contributed by atoms with Crippen molar-refractivity contribution in [2.45, 2.75) is 51.7 Å². The number of para-hydroxylation sites is 1. The van der Waals surface area contributed by atoms with Gasteiger partial charge in [0.1, 0.15) is 37.6 Å². The van der Waals surface area contributed by atoms with Crippen molar-refractivity contribution in [2.24, 2.45) is 0 Å². The van der Waals surface area contributed by atoms with Crippen LogP contribution in [-0.4, -0.2) is 50.0 Å². The first-order valence-electron chi connectivity index (χ1n) is 9.17. The van der Waals surface area contributed by atoms with E-state index in [9.17, 15) is 5.11 Å². The Morgan fingerprint density at radius 3 is 2.87 bits per heavy atom. The van der Waals surface area contributed by atoms with Gasteiger partial charge >= 0.3 is 0 Å². The number of aliphatic hydroxyl groups excluding tert-OH is 1.